The van der Waals surface area contributed by atoms with E-state index >= 15 is 0 Å². The van der Waals surface area contributed by atoms with Gasteiger partial charge in [-0.1, -0.05) is 17.7 Å². The van der Waals surface area contributed by atoms with Crippen LogP contribution in [0.25, 0.3) is 5.69 Å². The van der Waals surface area contributed by atoms with Crippen LogP contribution in [0.15, 0.2) is 41.3 Å². The fraction of sp³-hybridized carbons (Fsp3) is 0.286. The highest BCUT2D eigenvalue weighted by Crippen LogP contribution is 2.29. The van der Waals surface area contributed by atoms with Crippen LogP contribution in [0.5, 0.6) is 5.75 Å². The maximum Gasteiger partial charge on any atom is 0.278 e. The molecule has 0 fully saturated rings. The van der Waals surface area contributed by atoms with Gasteiger partial charge in [0.05, 0.1) is 29.1 Å². The summed E-state index contributed by atoms with van der Waals surface area (Å²) < 4.78 is 31.3. The molecule has 0 aliphatic heterocycles. The number of amides is 1. The highest BCUT2D eigenvalue weighted by Gasteiger charge is 2.22. The zero-order chi connectivity index (χ0) is 22.9. The largest absolute Gasteiger partial charge is 0.495 e. The van der Waals surface area contributed by atoms with Gasteiger partial charge in [0.25, 0.3) is 5.91 Å². The normalized spacial score (nSPS) is 11.6. The van der Waals surface area contributed by atoms with E-state index in [0.717, 1.165) is 21.1 Å². The lowest BCUT2D eigenvalue weighted by Gasteiger charge is -2.15. The van der Waals surface area contributed by atoms with Gasteiger partial charge in [0, 0.05) is 14.1 Å². The van der Waals surface area contributed by atoms with Crippen molar-refractivity contribution in [1.82, 2.24) is 19.3 Å². The summed E-state index contributed by atoms with van der Waals surface area (Å²) >= 11 is 0. The van der Waals surface area contributed by atoms with Gasteiger partial charge < -0.3 is 10.1 Å². The first-order chi connectivity index (χ1) is 14.5. The molecule has 0 atom stereocenters. The molecule has 1 aromatic heterocycles. The number of carbonyl (C=O) groups is 1. The number of benzene rings is 2. The standard InChI is InChI=1S/C21H25N5O4S/c1-13-7-9-18(14(2)11-13)26-23-15(3)20(24-26)21(27)22-17-12-16(8-10-19(17)30-6)31(28,29)25(4)5/h7-12H,1-6H3,(H,22,27). The molecule has 9 nitrogen and oxygen atoms in total. The second-order valence-corrected chi connectivity index (χ2v) is 9.47. The fourth-order valence-electron chi connectivity index (χ4n) is 3.06. The number of hydrogen-bond donors (Lipinski definition) is 1. The molecule has 0 aliphatic carbocycles. The number of hydrogen-bond acceptors (Lipinski definition) is 6. The monoisotopic (exact) mass is 443 g/mol. The Balaban J connectivity index is 1.96. The van der Waals surface area contributed by atoms with Crippen molar-refractivity contribution in [1.29, 1.82) is 0 Å². The Morgan fingerprint density at radius 1 is 1.06 bits per heavy atom. The minimum Gasteiger partial charge on any atom is -0.495 e. The van der Waals surface area contributed by atoms with Gasteiger partial charge in [0.2, 0.25) is 10.0 Å². The van der Waals surface area contributed by atoms with E-state index in [1.807, 2.05) is 32.0 Å². The first-order valence-electron chi connectivity index (χ1n) is 9.48. The van der Waals surface area contributed by atoms with Gasteiger partial charge >= 0.3 is 0 Å². The number of aryl methyl sites for hydroxylation is 3. The quantitative estimate of drug-likeness (QED) is 0.628. The zero-order valence-corrected chi connectivity index (χ0v) is 19.1. The number of methoxy groups -OCH3 is 1. The highest BCUT2D eigenvalue weighted by molar-refractivity contribution is 7.89. The molecule has 0 aliphatic rings. The van der Waals surface area contributed by atoms with E-state index in [-0.39, 0.29) is 16.3 Å². The van der Waals surface area contributed by atoms with Crippen molar-refractivity contribution in [3.05, 3.63) is 58.9 Å². The van der Waals surface area contributed by atoms with Crippen LogP contribution in [0, 0.1) is 20.8 Å². The van der Waals surface area contributed by atoms with E-state index in [1.165, 1.54) is 44.2 Å². The van der Waals surface area contributed by atoms with Crippen molar-refractivity contribution < 1.29 is 17.9 Å². The van der Waals surface area contributed by atoms with E-state index in [1.54, 1.807) is 6.92 Å². The number of nitrogens with one attached hydrogen (secondary N) is 1. The Kier molecular flexibility index (Phi) is 6.14. The minimum atomic E-state index is -3.68. The topological polar surface area (TPSA) is 106 Å². The van der Waals surface area contributed by atoms with E-state index < -0.39 is 15.9 Å². The van der Waals surface area contributed by atoms with E-state index in [4.69, 9.17) is 4.74 Å². The van der Waals surface area contributed by atoms with Gasteiger partial charge in [-0.15, -0.1) is 5.10 Å². The van der Waals surface area contributed by atoms with Crippen LogP contribution in [0.3, 0.4) is 0 Å². The molecule has 3 rings (SSSR count). The van der Waals surface area contributed by atoms with Gasteiger partial charge in [0.15, 0.2) is 5.69 Å². The van der Waals surface area contributed by atoms with Crippen molar-refractivity contribution in [2.24, 2.45) is 0 Å². The van der Waals surface area contributed by atoms with Crippen LogP contribution >= 0.6 is 0 Å². The summed E-state index contributed by atoms with van der Waals surface area (Å²) in [6.07, 6.45) is 0. The first kappa shape index (κ1) is 22.4. The number of anilines is 1. The molecular formula is C21H25N5O4S. The SMILES string of the molecule is COc1ccc(S(=O)(=O)N(C)C)cc1NC(=O)c1nn(-c2ccc(C)cc2C)nc1C. The Hall–Kier alpha value is -3.24. The Morgan fingerprint density at radius 2 is 1.77 bits per heavy atom. The molecule has 164 valence electrons. The van der Waals surface area contributed by atoms with Gasteiger partial charge in [-0.3, -0.25) is 4.79 Å². The molecule has 2 aromatic carbocycles. The Labute approximate surface area is 181 Å². The molecule has 1 N–H and O–H groups in total. The lowest BCUT2D eigenvalue weighted by molar-refractivity contribution is 0.102. The Bertz CT molecular complexity index is 1250. The summed E-state index contributed by atoms with van der Waals surface area (Å²) in [4.78, 5) is 14.4. The summed E-state index contributed by atoms with van der Waals surface area (Å²) in [5, 5.41) is 11.4. The predicted molar refractivity (Wildman–Crippen MR) is 117 cm³/mol. The van der Waals surface area contributed by atoms with Gasteiger partial charge in [-0.2, -0.15) is 9.90 Å². The Morgan fingerprint density at radius 3 is 2.39 bits per heavy atom. The summed E-state index contributed by atoms with van der Waals surface area (Å²) in [7, 11) is 0.633. The molecule has 1 heterocycles. The fourth-order valence-corrected chi connectivity index (χ4v) is 3.99. The molecule has 0 unspecified atom stereocenters. The van der Waals surface area contributed by atoms with E-state index in [0.29, 0.717) is 11.4 Å². The van der Waals surface area contributed by atoms with Crippen molar-refractivity contribution in [2.75, 3.05) is 26.5 Å². The minimum absolute atomic E-state index is 0.0317. The molecule has 31 heavy (non-hydrogen) atoms. The molecule has 10 heteroatoms. The van der Waals surface area contributed by atoms with Crippen LogP contribution in [0.2, 0.25) is 0 Å². The van der Waals surface area contributed by atoms with Crippen LogP contribution in [-0.4, -0.2) is 54.8 Å². The number of nitrogens with zero attached hydrogens (tertiary/aromatic N) is 4. The molecule has 0 saturated heterocycles. The second-order valence-electron chi connectivity index (χ2n) is 7.32. The molecule has 3 aromatic rings. The van der Waals surface area contributed by atoms with Crippen molar-refractivity contribution in [2.45, 2.75) is 25.7 Å². The predicted octanol–water partition coefficient (Wildman–Crippen LogP) is 2.70. The summed E-state index contributed by atoms with van der Waals surface area (Å²) in [6, 6.07) is 10.1. The third-order valence-corrected chi connectivity index (χ3v) is 6.57. The van der Waals surface area contributed by atoms with Crippen molar-refractivity contribution in [3.63, 3.8) is 0 Å². The number of sulfonamides is 1. The van der Waals surface area contributed by atoms with Crippen molar-refractivity contribution >= 4 is 21.6 Å². The molecule has 0 radical (unpaired) electrons. The van der Waals surface area contributed by atoms with Crippen LogP contribution in [0.4, 0.5) is 5.69 Å². The molecule has 0 bridgehead atoms. The summed E-state index contributed by atoms with van der Waals surface area (Å²) in [5.74, 6) is -0.198. The smallest absolute Gasteiger partial charge is 0.278 e. The molecule has 1 amide bonds. The first-order valence-corrected chi connectivity index (χ1v) is 10.9. The number of rotatable bonds is 6. The average Bonchev–Trinajstić information content (AvgIpc) is 3.09. The molecule has 0 saturated carbocycles. The molecule has 0 spiro atoms. The van der Waals surface area contributed by atoms with Crippen molar-refractivity contribution in [3.8, 4) is 11.4 Å². The number of ether oxygens (including phenoxy) is 1. The van der Waals surface area contributed by atoms with Crippen LogP contribution < -0.4 is 10.1 Å². The highest BCUT2D eigenvalue weighted by atomic mass is 32.2. The van der Waals surface area contributed by atoms with Crippen LogP contribution in [0.1, 0.15) is 27.3 Å². The maximum absolute atomic E-state index is 12.9. The summed E-state index contributed by atoms with van der Waals surface area (Å²) in [5.41, 5.74) is 3.64. The van der Waals surface area contributed by atoms with Gasteiger partial charge in [0.1, 0.15) is 5.75 Å². The lowest BCUT2D eigenvalue weighted by atomic mass is 10.1. The second kappa shape index (κ2) is 8.48. The third-order valence-electron chi connectivity index (χ3n) is 4.76. The summed E-state index contributed by atoms with van der Waals surface area (Å²) in [6.45, 7) is 5.63. The van der Waals surface area contributed by atoms with Crippen LogP contribution in [-0.2, 0) is 10.0 Å². The zero-order valence-electron chi connectivity index (χ0n) is 18.3. The van der Waals surface area contributed by atoms with Gasteiger partial charge in [-0.05, 0) is 50.6 Å². The lowest BCUT2D eigenvalue weighted by Crippen LogP contribution is -2.22. The molecular weight excluding hydrogens is 418 g/mol. The van der Waals surface area contributed by atoms with Gasteiger partial charge in [-0.25, -0.2) is 12.7 Å². The third kappa shape index (κ3) is 4.44. The number of carbonyl (C=O) groups excluding carboxylic acids is 1. The maximum atomic E-state index is 12.9. The van der Waals surface area contributed by atoms with E-state index in [2.05, 4.69) is 15.5 Å². The van der Waals surface area contributed by atoms with E-state index in [9.17, 15) is 13.2 Å². The average molecular weight is 444 g/mol. The number of aromatic nitrogens is 3.